The maximum absolute atomic E-state index is 13.9. The number of halogens is 1. The van der Waals surface area contributed by atoms with Crippen LogP contribution in [0, 0.1) is 5.92 Å². The fraction of sp³-hybridized carbons (Fsp3) is 0.448. The van der Waals surface area contributed by atoms with Crippen LogP contribution in [-0.4, -0.2) is 52.0 Å². The minimum atomic E-state index is -2.23. The van der Waals surface area contributed by atoms with Gasteiger partial charge in [-0.3, -0.25) is 4.89 Å². The summed E-state index contributed by atoms with van der Waals surface area (Å²) in [7, 11) is 0. The number of benzene rings is 2. The smallest absolute Gasteiger partial charge is 0.444 e. The maximum Gasteiger partial charge on any atom is 0.510 e. The summed E-state index contributed by atoms with van der Waals surface area (Å²) in [6.45, 7) is 7.26. The van der Waals surface area contributed by atoms with Gasteiger partial charge < -0.3 is 18.9 Å². The van der Waals surface area contributed by atoms with Gasteiger partial charge >= 0.3 is 24.3 Å². The molecule has 2 amide bonds. The topological polar surface area (TPSA) is 127 Å². The van der Waals surface area contributed by atoms with Crippen molar-refractivity contribution in [2.75, 3.05) is 6.07 Å². The van der Waals surface area contributed by atoms with Gasteiger partial charge in [-0.15, -0.1) is 0 Å². The van der Waals surface area contributed by atoms with Crippen LogP contribution < -0.4 is 0 Å². The Morgan fingerprint density at radius 2 is 1.39 bits per heavy atom. The molecule has 1 aliphatic heterocycles. The molecule has 41 heavy (non-hydrogen) atoms. The minimum Gasteiger partial charge on any atom is -0.444 e. The van der Waals surface area contributed by atoms with E-state index < -0.39 is 53.0 Å². The van der Waals surface area contributed by atoms with Gasteiger partial charge in [0, 0.05) is 0 Å². The Morgan fingerprint density at radius 1 is 0.902 bits per heavy atom. The van der Waals surface area contributed by atoms with Crippen LogP contribution in [0.15, 0.2) is 60.7 Å². The normalized spacial score (nSPS) is 20.2. The first kappa shape index (κ1) is 31.7. The van der Waals surface area contributed by atoms with E-state index in [2.05, 4.69) is 0 Å². The van der Waals surface area contributed by atoms with E-state index in [0.717, 1.165) is 0 Å². The molecule has 1 aliphatic rings. The number of ether oxygens (including phenoxy) is 4. The third kappa shape index (κ3) is 6.11. The number of amides is 2. The molecule has 1 heterocycles. The first-order valence-electron chi connectivity index (χ1n) is 13.0. The molecule has 2 aromatic carbocycles. The molecule has 0 aliphatic carbocycles. The molecular formula is C29H34ClNO10. The average Bonchev–Trinajstić information content (AvgIpc) is 3.26. The molecule has 1 fully saturated rings. The van der Waals surface area contributed by atoms with E-state index in [1.165, 1.54) is 13.8 Å². The monoisotopic (exact) mass is 591 g/mol. The number of nitrogens with zero attached hydrogens (tertiary/aromatic N) is 1. The number of carbonyl (C=O) groups excluding carboxylic acids is 4. The lowest BCUT2D eigenvalue weighted by atomic mass is 9.63. The highest BCUT2D eigenvalue weighted by Crippen LogP contribution is 2.53. The van der Waals surface area contributed by atoms with E-state index in [0.29, 0.717) is 16.0 Å². The van der Waals surface area contributed by atoms with Crippen LogP contribution >= 0.6 is 11.6 Å². The third-order valence-corrected chi connectivity index (χ3v) is 7.24. The van der Waals surface area contributed by atoms with Gasteiger partial charge in [0.15, 0.2) is 17.2 Å². The van der Waals surface area contributed by atoms with E-state index >= 15 is 0 Å². The lowest BCUT2D eigenvalue weighted by molar-refractivity contribution is -0.338. The van der Waals surface area contributed by atoms with Gasteiger partial charge in [0.1, 0.15) is 18.8 Å². The number of imide groups is 1. The summed E-state index contributed by atoms with van der Waals surface area (Å²) < 4.78 is 21.4. The Morgan fingerprint density at radius 3 is 1.80 bits per heavy atom. The Hall–Kier alpha value is -3.83. The predicted molar refractivity (Wildman–Crippen MR) is 145 cm³/mol. The van der Waals surface area contributed by atoms with Gasteiger partial charge in [-0.25, -0.2) is 19.2 Å². The number of alkyl halides is 1. The van der Waals surface area contributed by atoms with Crippen molar-refractivity contribution in [1.29, 1.82) is 0 Å². The number of rotatable bonds is 10. The van der Waals surface area contributed by atoms with Crippen molar-refractivity contribution in [2.45, 2.75) is 71.0 Å². The molecule has 0 aromatic heterocycles. The highest BCUT2D eigenvalue weighted by atomic mass is 35.5. The van der Waals surface area contributed by atoms with Gasteiger partial charge in [-0.2, -0.15) is 9.79 Å². The van der Waals surface area contributed by atoms with Crippen LogP contribution in [0.3, 0.4) is 0 Å². The van der Waals surface area contributed by atoms with Crippen molar-refractivity contribution in [2.24, 2.45) is 5.92 Å². The van der Waals surface area contributed by atoms with Crippen LogP contribution in [0.1, 0.15) is 52.2 Å². The summed E-state index contributed by atoms with van der Waals surface area (Å²) in [5.41, 5.74) is -4.64. The molecule has 0 saturated carbocycles. The van der Waals surface area contributed by atoms with Crippen molar-refractivity contribution in [3.8, 4) is 0 Å². The molecule has 0 radical (unpaired) electrons. The number of carbonyl (C=O) groups is 4. The van der Waals surface area contributed by atoms with Crippen molar-refractivity contribution in [3.05, 3.63) is 71.8 Å². The average molecular weight is 592 g/mol. The highest BCUT2D eigenvalue weighted by molar-refractivity contribution is 6.17. The summed E-state index contributed by atoms with van der Waals surface area (Å²) in [5.74, 6) is -1.94. The second-order valence-electron chi connectivity index (χ2n) is 10.1. The summed E-state index contributed by atoms with van der Waals surface area (Å²) in [5, 5.41) is 0. The van der Waals surface area contributed by atoms with Crippen molar-refractivity contribution in [1.82, 2.24) is 4.90 Å². The molecule has 12 heteroatoms. The van der Waals surface area contributed by atoms with E-state index in [1.807, 2.05) is 0 Å². The van der Waals surface area contributed by atoms with Crippen LogP contribution in [0.2, 0.25) is 0 Å². The molecule has 3 rings (SSSR count). The molecule has 0 bridgehead atoms. The Bertz CT molecular complexity index is 1170. The van der Waals surface area contributed by atoms with Gasteiger partial charge in [0.2, 0.25) is 0 Å². The number of hydrogen-bond donors (Lipinski definition) is 0. The minimum absolute atomic E-state index is 0.0769. The Labute approximate surface area is 243 Å². The van der Waals surface area contributed by atoms with Crippen molar-refractivity contribution >= 4 is 35.9 Å². The molecular weight excluding hydrogens is 558 g/mol. The summed E-state index contributed by atoms with van der Waals surface area (Å²) in [6.07, 6.45) is -3.63. The van der Waals surface area contributed by atoms with E-state index in [1.54, 1.807) is 81.4 Å². The van der Waals surface area contributed by atoms with Gasteiger partial charge in [-0.1, -0.05) is 93.0 Å². The fourth-order valence-electron chi connectivity index (χ4n) is 5.24. The largest absolute Gasteiger partial charge is 0.510 e. The summed E-state index contributed by atoms with van der Waals surface area (Å²) in [4.78, 5) is 65.2. The first-order valence-corrected chi connectivity index (χ1v) is 13.5. The fourth-order valence-corrected chi connectivity index (χ4v) is 5.33. The standard InChI is InChI=1S/C29H34ClNO10/c1-6-28(27(4,5)39-26(35)38-19-30)29(20(2)3,23(32)40-41-28)31(24(33)36-17-21-13-9-7-10-14-21)25(34)37-18-22-15-11-8-12-16-22/h7-16,20H,6,17-19H2,1-5H3/t28?,29-/m0/s1. The van der Waals surface area contributed by atoms with Crippen LogP contribution in [0.4, 0.5) is 14.4 Å². The Kier molecular flexibility index (Phi) is 10.2. The molecule has 1 unspecified atom stereocenters. The van der Waals surface area contributed by atoms with E-state index in [9.17, 15) is 19.2 Å². The lowest BCUT2D eigenvalue weighted by Crippen LogP contribution is -2.76. The summed E-state index contributed by atoms with van der Waals surface area (Å²) in [6, 6.07) is 17.0. The van der Waals surface area contributed by atoms with Crippen molar-refractivity contribution < 1.29 is 47.9 Å². The molecule has 2 aromatic rings. The summed E-state index contributed by atoms with van der Waals surface area (Å²) >= 11 is 5.52. The number of hydrogen-bond acceptors (Lipinski definition) is 10. The second-order valence-corrected chi connectivity index (χ2v) is 10.3. The zero-order valence-electron chi connectivity index (χ0n) is 23.6. The first-order chi connectivity index (χ1) is 19.5. The molecule has 0 spiro atoms. The quantitative estimate of drug-likeness (QED) is 0.138. The van der Waals surface area contributed by atoms with Crippen LogP contribution in [0.5, 0.6) is 0 Å². The second kappa shape index (κ2) is 13.2. The Balaban J connectivity index is 2.13. The molecule has 2 atom stereocenters. The highest BCUT2D eigenvalue weighted by Gasteiger charge is 2.78. The zero-order chi connectivity index (χ0) is 30.3. The zero-order valence-corrected chi connectivity index (χ0v) is 24.3. The third-order valence-electron chi connectivity index (χ3n) is 7.13. The van der Waals surface area contributed by atoms with E-state index in [4.69, 9.17) is 40.3 Å². The molecule has 11 nitrogen and oxygen atoms in total. The molecule has 222 valence electrons. The molecule has 1 saturated heterocycles. The van der Waals surface area contributed by atoms with Gasteiger partial charge in [0.25, 0.3) is 0 Å². The van der Waals surface area contributed by atoms with Gasteiger partial charge in [0.05, 0.1) is 0 Å². The molecule has 0 N–H and O–H groups in total. The van der Waals surface area contributed by atoms with Crippen LogP contribution in [0.25, 0.3) is 0 Å². The van der Waals surface area contributed by atoms with Gasteiger partial charge in [-0.05, 0) is 37.3 Å². The maximum atomic E-state index is 13.9. The SMILES string of the molecule is CCC1(C(C)(C)OC(=O)OCCl)OOC(=O)[C@]1(C(C)C)N(C(=O)OCc1ccccc1)C(=O)OCc1ccccc1. The van der Waals surface area contributed by atoms with E-state index in [-0.39, 0.29) is 19.6 Å². The van der Waals surface area contributed by atoms with Crippen LogP contribution in [-0.2, 0) is 46.7 Å². The lowest BCUT2D eigenvalue weighted by Gasteiger charge is -2.51. The van der Waals surface area contributed by atoms with Crippen molar-refractivity contribution in [3.63, 3.8) is 0 Å². The predicted octanol–water partition coefficient (Wildman–Crippen LogP) is 6.12.